The number of likely N-dealkylation sites (tertiary alicyclic amines) is 1. The molecule has 0 saturated carbocycles. The molecule has 1 atom stereocenters. The van der Waals surface area contributed by atoms with Crippen molar-refractivity contribution in [2.24, 2.45) is 11.1 Å². The van der Waals surface area contributed by atoms with Crippen molar-refractivity contribution in [2.75, 3.05) is 13.1 Å². The van der Waals surface area contributed by atoms with E-state index in [2.05, 4.69) is 18.6 Å². The van der Waals surface area contributed by atoms with Crippen molar-refractivity contribution in [2.45, 2.75) is 58.4 Å². The first-order valence-corrected chi connectivity index (χ1v) is 10.6. The highest BCUT2D eigenvalue weighted by molar-refractivity contribution is 7.88. The predicted molar refractivity (Wildman–Crippen MR) is 111 cm³/mol. The van der Waals surface area contributed by atoms with Crippen molar-refractivity contribution in [3.8, 4) is 0 Å². The summed E-state index contributed by atoms with van der Waals surface area (Å²) in [5, 5.41) is 0. The molecule has 3 N–H and O–H groups in total. The number of nitrogens with one attached hydrogen (secondary N) is 1. The zero-order valence-corrected chi connectivity index (χ0v) is 18.4. The molecule has 1 aromatic carbocycles. The molecule has 1 unspecified atom stereocenters. The van der Waals surface area contributed by atoms with Crippen LogP contribution in [0.2, 0.25) is 0 Å². The van der Waals surface area contributed by atoms with Crippen LogP contribution in [0.1, 0.15) is 57.0 Å². The Morgan fingerprint density at radius 1 is 1.33 bits per heavy atom. The number of piperidine rings is 1. The summed E-state index contributed by atoms with van der Waals surface area (Å²) >= 11 is 0. The number of benzene rings is 1. The minimum absolute atomic E-state index is 0. The number of hydrogen-bond acceptors (Lipinski definition) is 4. The molecule has 0 aliphatic carbocycles. The Hall–Kier alpha value is -1.15. The number of sulfonamides is 1. The fraction of sp³-hybridized carbons (Fsp3) is 0.632. The Balaban J connectivity index is 0.00000364. The fourth-order valence-corrected chi connectivity index (χ4v) is 4.87. The van der Waals surface area contributed by atoms with Crippen molar-refractivity contribution in [1.82, 2.24) is 9.62 Å². The largest absolute Gasteiger partial charge is 0.338 e. The summed E-state index contributed by atoms with van der Waals surface area (Å²) in [6, 6.07) is 6.94. The van der Waals surface area contributed by atoms with Crippen LogP contribution in [0.5, 0.6) is 0 Å². The lowest BCUT2D eigenvalue weighted by molar-refractivity contribution is 0.0533. The Kier molecular flexibility index (Phi) is 7.49. The molecule has 154 valence electrons. The molecule has 1 aromatic rings. The Morgan fingerprint density at radius 2 is 1.96 bits per heavy atom. The van der Waals surface area contributed by atoms with Gasteiger partial charge in [0.15, 0.2) is 0 Å². The standard InChI is InChI=1S/C19H31N3O3S.ClH/c1-18(2,3)21-26(24,25)12-14-7-6-8-15(11-14)17(23)22-10-9-16(20)19(4,5)13-22;/h6-8,11,16,21H,9-10,12-13,20H2,1-5H3;1H. The molecule has 1 amide bonds. The van der Waals surface area contributed by atoms with E-state index in [1.807, 2.05) is 4.90 Å². The quantitative estimate of drug-likeness (QED) is 0.787. The molecular formula is C19H32ClN3O3S. The summed E-state index contributed by atoms with van der Waals surface area (Å²) in [6.45, 7) is 10.8. The van der Waals surface area contributed by atoms with Gasteiger partial charge in [0, 0.05) is 30.2 Å². The van der Waals surface area contributed by atoms with Crippen molar-refractivity contribution in [3.05, 3.63) is 35.4 Å². The van der Waals surface area contributed by atoms with Gasteiger partial charge in [0.05, 0.1) is 5.75 Å². The summed E-state index contributed by atoms with van der Waals surface area (Å²) in [5.41, 5.74) is 6.59. The lowest BCUT2D eigenvalue weighted by atomic mass is 9.79. The lowest BCUT2D eigenvalue weighted by Crippen LogP contribution is -2.54. The highest BCUT2D eigenvalue weighted by Gasteiger charge is 2.35. The van der Waals surface area contributed by atoms with Crippen molar-refractivity contribution < 1.29 is 13.2 Å². The third-order valence-corrected chi connectivity index (χ3v) is 6.23. The normalized spacial score (nSPS) is 20.1. The van der Waals surface area contributed by atoms with Crippen LogP contribution in [-0.4, -0.2) is 43.9 Å². The van der Waals surface area contributed by atoms with Gasteiger partial charge >= 0.3 is 0 Å². The smallest absolute Gasteiger partial charge is 0.253 e. The van der Waals surface area contributed by atoms with Gasteiger partial charge in [-0.25, -0.2) is 13.1 Å². The van der Waals surface area contributed by atoms with Crippen molar-refractivity contribution in [3.63, 3.8) is 0 Å². The van der Waals surface area contributed by atoms with Crippen LogP contribution in [0.15, 0.2) is 24.3 Å². The second-order valence-electron chi connectivity index (χ2n) is 8.92. The van der Waals surface area contributed by atoms with Crippen LogP contribution in [-0.2, 0) is 15.8 Å². The van der Waals surface area contributed by atoms with Gasteiger partial charge in [-0.15, -0.1) is 12.4 Å². The van der Waals surface area contributed by atoms with E-state index in [1.165, 1.54) is 0 Å². The third kappa shape index (κ3) is 6.75. The third-order valence-electron chi connectivity index (χ3n) is 4.59. The van der Waals surface area contributed by atoms with Crippen LogP contribution in [0.3, 0.4) is 0 Å². The van der Waals surface area contributed by atoms with Gasteiger partial charge in [-0.2, -0.15) is 0 Å². The SMILES string of the molecule is CC(C)(C)NS(=O)(=O)Cc1cccc(C(=O)N2CCC(N)C(C)(C)C2)c1.Cl. The average molecular weight is 418 g/mol. The van der Waals surface area contributed by atoms with E-state index in [0.717, 1.165) is 6.42 Å². The lowest BCUT2D eigenvalue weighted by Gasteiger charge is -2.42. The molecule has 6 nitrogen and oxygen atoms in total. The molecule has 8 heteroatoms. The molecule has 1 fully saturated rings. The molecule has 1 aliphatic rings. The molecule has 1 saturated heterocycles. The monoisotopic (exact) mass is 417 g/mol. The highest BCUT2D eigenvalue weighted by atomic mass is 35.5. The van der Waals surface area contributed by atoms with E-state index in [0.29, 0.717) is 24.2 Å². The number of carbonyl (C=O) groups is 1. The van der Waals surface area contributed by atoms with E-state index in [1.54, 1.807) is 45.0 Å². The number of carbonyl (C=O) groups excluding carboxylic acids is 1. The molecule has 27 heavy (non-hydrogen) atoms. The van der Waals surface area contributed by atoms with Crippen LogP contribution >= 0.6 is 12.4 Å². The van der Waals surface area contributed by atoms with E-state index in [9.17, 15) is 13.2 Å². The molecule has 0 spiro atoms. The molecule has 0 radical (unpaired) electrons. The fourth-order valence-electron chi connectivity index (χ4n) is 3.25. The molecule has 0 bridgehead atoms. The maximum absolute atomic E-state index is 12.9. The Labute approximate surface area is 169 Å². The second kappa shape index (κ2) is 8.47. The minimum atomic E-state index is -3.48. The summed E-state index contributed by atoms with van der Waals surface area (Å²) in [6.07, 6.45) is 0.766. The van der Waals surface area contributed by atoms with Crippen molar-refractivity contribution in [1.29, 1.82) is 0 Å². The number of nitrogens with two attached hydrogens (primary N) is 1. The van der Waals surface area contributed by atoms with E-state index >= 15 is 0 Å². The molecule has 0 aromatic heterocycles. The number of rotatable bonds is 4. The zero-order valence-electron chi connectivity index (χ0n) is 16.8. The summed E-state index contributed by atoms with van der Waals surface area (Å²) in [4.78, 5) is 14.7. The van der Waals surface area contributed by atoms with E-state index in [4.69, 9.17) is 5.73 Å². The molecule has 1 heterocycles. The van der Waals surface area contributed by atoms with Gasteiger partial charge in [-0.05, 0) is 50.3 Å². The zero-order chi connectivity index (χ0) is 19.8. The first kappa shape index (κ1) is 23.9. The van der Waals surface area contributed by atoms with Crippen LogP contribution < -0.4 is 10.5 Å². The van der Waals surface area contributed by atoms with Crippen LogP contribution in [0, 0.1) is 5.41 Å². The molecule has 1 aliphatic heterocycles. The maximum atomic E-state index is 12.9. The van der Waals surface area contributed by atoms with Crippen LogP contribution in [0.25, 0.3) is 0 Å². The maximum Gasteiger partial charge on any atom is 0.253 e. The predicted octanol–water partition coefficient (Wildman–Crippen LogP) is 2.53. The minimum Gasteiger partial charge on any atom is -0.338 e. The average Bonchev–Trinajstić information content (AvgIpc) is 2.46. The Bertz CT molecular complexity index is 773. The number of halogens is 1. The first-order valence-electron chi connectivity index (χ1n) is 8.95. The summed E-state index contributed by atoms with van der Waals surface area (Å²) in [7, 11) is -3.48. The van der Waals surface area contributed by atoms with Gasteiger partial charge < -0.3 is 10.6 Å². The number of amides is 1. The van der Waals surface area contributed by atoms with Gasteiger partial charge in [0.2, 0.25) is 10.0 Å². The van der Waals surface area contributed by atoms with E-state index in [-0.39, 0.29) is 35.5 Å². The van der Waals surface area contributed by atoms with Gasteiger partial charge in [0.25, 0.3) is 5.91 Å². The summed E-state index contributed by atoms with van der Waals surface area (Å²) < 4.78 is 27.2. The molecular weight excluding hydrogens is 386 g/mol. The summed E-state index contributed by atoms with van der Waals surface area (Å²) in [5.74, 6) is -0.227. The topological polar surface area (TPSA) is 92.5 Å². The van der Waals surface area contributed by atoms with Crippen molar-refractivity contribution >= 4 is 28.3 Å². The van der Waals surface area contributed by atoms with Gasteiger partial charge in [-0.1, -0.05) is 26.0 Å². The van der Waals surface area contributed by atoms with Gasteiger partial charge in [0.1, 0.15) is 0 Å². The molecule has 2 rings (SSSR count). The number of nitrogens with zero attached hydrogens (tertiary/aromatic N) is 1. The highest BCUT2D eigenvalue weighted by Crippen LogP contribution is 2.28. The second-order valence-corrected chi connectivity index (χ2v) is 10.6. The number of hydrogen-bond donors (Lipinski definition) is 2. The van der Waals surface area contributed by atoms with Gasteiger partial charge in [-0.3, -0.25) is 4.79 Å². The van der Waals surface area contributed by atoms with Crippen LogP contribution in [0.4, 0.5) is 0 Å². The Morgan fingerprint density at radius 3 is 2.52 bits per heavy atom. The first-order chi connectivity index (χ1) is 11.8. The van der Waals surface area contributed by atoms with E-state index < -0.39 is 15.6 Å².